The normalized spacial score (nSPS) is 14.5. The summed E-state index contributed by atoms with van der Waals surface area (Å²) < 4.78 is 19.1. The smallest absolute Gasteiger partial charge is 0.251 e. The minimum absolute atomic E-state index is 0.0109. The van der Waals surface area contributed by atoms with Crippen LogP contribution in [0.25, 0.3) is 78.9 Å². The summed E-state index contributed by atoms with van der Waals surface area (Å²) in [5.74, 6) is 1.37. The third kappa shape index (κ3) is 17.2. The number of fused-ring (bicyclic) bond motifs is 5. The zero-order valence-electron chi connectivity index (χ0n) is 70.9. The van der Waals surface area contributed by atoms with Gasteiger partial charge in [0.2, 0.25) is 5.56 Å². The highest BCUT2D eigenvalue weighted by molar-refractivity contribution is 5.99. The third-order valence-electron chi connectivity index (χ3n) is 24.0. The van der Waals surface area contributed by atoms with Gasteiger partial charge in [-0.1, -0.05) is 18.2 Å². The van der Waals surface area contributed by atoms with Gasteiger partial charge < -0.3 is 55.4 Å². The molecule has 3 saturated heterocycles. The van der Waals surface area contributed by atoms with E-state index in [4.69, 9.17) is 9.15 Å². The number of imidazole rings is 4. The van der Waals surface area contributed by atoms with Crippen molar-refractivity contribution in [3.63, 3.8) is 0 Å². The Morgan fingerprint density at radius 1 is 0.444 bits per heavy atom. The number of anilines is 10. The quantitative estimate of drug-likeness (QED) is 0.0396. The number of nitrogens with zero attached hydrogens (tertiary/aromatic N) is 15. The van der Waals surface area contributed by atoms with Gasteiger partial charge in [0.25, 0.3) is 5.91 Å². The second kappa shape index (κ2) is 35.7. The van der Waals surface area contributed by atoms with Crippen molar-refractivity contribution in [1.29, 1.82) is 0 Å². The minimum atomic E-state index is -0.118. The molecule has 27 nitrogen and oxygen atoms in total. The number of ether oxygens (including phenoxy) is 1. The molecule has 0 saturated carbocycles. The van der Waals surface area contributed by atoms with Gasteiger partial charge in [0.15, 0.2) is 34.7 Å². The first-order valence-corrected chi connectivity index (χ1v) is 42.5. The number of piperidine rings is 1. The Labute approximate surface area is 718 Å². The molecule has 0 bridgehead atoms. The predicted octanol–water partition coefficient (Wildman–Crippen LogP) is 18.2. The number of hydrogen-bond donors (Lipinski definition) is 8. The molecule has 4 aliphatic heterocycles. The van der Waals surface area contributed by atoms with Gasteiger partial charge in [0.05, 0.1) is 76.3 Å². The first kappa shape index (κ1) is 80.6. The van der Waals surface area contributed by atoms with Gasteiger partial charge in [0, 0.05) is 193 Å². The number of pyridine rings is 5. The number of likely N-dealkylation sites (tertiary alicyclic amines) is 1. The molecule has 8 N–H and O–H groups in total. The van der Waals surface area contributed by atoms with Crippen LogP contribution in [0.3, 0.4) is 0 Å². The number of benzene rings is 5. The number of morpholine rings is 1. The van der Waals surface area contributed by atoms with Crippen molar-refractivity contribution >= 4 is 85.4 Å². The SMILES string of the molecule is CC(C)N1CCC(c2ccc(Nc3ccc(-c4cc[nH]c(=O)c4)n4ccnc34)cc2)CC1.Cc1n[nH]c(C)c1-c1ccc(Nc2ccc(N3CCN(C(C)C)CC3)cc2)c2nccn12.Cc1n[nH]c(C)c1-c1ccc(Nc2ccc(N3CCOCC3)cc2)c2nccn12.O=C1NCc2cc(-c3ccc(Nc4ccc(-c5cnco5)cc4)c4nccn34)ccc21. The molecule has 0 radical (unpaired) electrons. The Balaban J connectivity index is 0.000000113. The summed E-state index contributed by atoms with van der Waals surface area (Å²) in [6.07, 6.45) is 22.3. The van der Waals surface area contributed by atoms with Gasteiger partial charge in [-0.05, 0) is 256 Å². The molecule has 21 rings (SSSR count). The van der Waals surface area contributed by atoms with Crippen LogP contribution in [-0.4, -0.2) is 161 Å². The molecule has 4 aliphatic rings. The fraction of sp³-hybridized carbons (Fsp3) is 0.247. The number of H-pyrrole nitrogens is 3. The number of aromatic amines is 3. The second-order valence-corrected chi connectivity index (χ2v) is 32.4. The zero-order valence-corrected chi connectivity index (χ0v) is 70.9. The van der Waals surface area contributed by atoms with Crippen molar-refractivity contribution < 1.29 is 13.9 Å². The Morgan fingerprint density at radius 3 is 1.31 bits per heavy atom. The molecule has 3 fully saturated rings. The molecule has 12 aromatic heterocycles. The number of piperazine rings is 1. The van der Waals surface area contributed by atoms with Crippen LogP contribution in [0.4, 0.5) is 56.9 Å². The fourth-order valence-corrected chi connectivity index (χ4v) is 17.3. The van der Waals surface area contributed by atoms with E-state index in [1.165, 1.54) is 49.3 Å². The number of amides is 1. The van der Waals surface area contributed by atoms with Gasteiger partial charge in [-0.15, -0.1) is 0 Å². The Kier molecular flexibility index (Phi) is 23.2. The summed E-state index contributed by atoms with van der Waals surface area (Å²) in [7, 11) is 0. The van der Waals surface area contributed by atoms with E-state index in [9.17, 15) is 9.59 Å². The lowest BCUT2D eigenvalue weighted by Crippen LogP contribution is -2.48. The molecule has 16 heterocycles. The first-order valence-electron chi connectivity index (χ1n) is 42.5. The largest absolute Gasteiger partial charge is 0.444 e. The molecule has 0 atom stereocenters. The average Bonchev–Trinajstić information content (AvgIpc) is 1.62. The number of carbonyl (C=O) groups is 1. The highest BCUT2D eigenvalue weighted by Crippen LogP contribution is 2.38. The lowest BCUT2D eigenvalue weighted by molar-refractivity contribution is 0.0965. The van der Waals surface area contributed by atoms with Crippen LogP contribution >= 0.6 is 0 Å². The molecule has 1 amide bonds. The summed E-state index contributed by atoms with van der Waals surface area (Å²) in [6.45, 7) is 28.0. The van der Waals surface area contributed by atoms with E-state index in [2.05, 4.69) is 253 Å². The van der Waals surface area contributed by atoms with Crippen LogP contribution in [-0.2, 0) is 11.3 Å². The minimum Gasteiger partial charge on any atom is -0.444 e. The maximum atomic E-state index is 11.8. The topological polar surface area (TPSA) is 285 Å². The molecule has 628 valence electrons. The number of nitrogens with one attached hydrogen (secondary N) is 8. The Hall–Kier alpha value is -14.4. The van der Waals surface area contributed by atoms with Gasteiger partial charge in [-0.3, -0.25) is 42.3 Å². The number of carbonyl (C=O) groups excluding carboxylic acids is 1. The van der Waals surface area contributed by atoms with Crippen molar-refractivity contribution in [2.75, 3.05) is 96.6 Å². The lowest BCUT2D eigenvalue weighted by Gasteiger charge is -2.38. The van der Waals surface area contributed by atoms with Gasteiger partial charge in [0.1, 0.15) is 0 Å². The summed E-state index contributed by atoms with van der Waals surface area (Å²) in [4.78, 5) is 58.4. The molecule has 5 aromatic carbocycles. The second-order valence-electron chi connectivity index (χ2n) is 32.4. The highest BCUT2D eigenvalue weighted by Gasteiger charge is 2.26. The third-order valence-corrected chi connectivity index (χ3v) is 24.0. The van der Waals surface area contributed by atoms with E-state index in [-0.39, 0.29) is 11.5 Å². The molecule has 124 heavy (non-hydrogen) atoms. The van der Waals surface area contributed by atoms with Crippen LogP contribution in [0.2, 0.25) is 0 Å². The van der Waals surface area contributed by atoms with E-state index >= 15 is 0 Å². The van der Waals surface area contributed by atoms with E-state index in [0.717, 1.165) is 211 Å². The molecule has 0 unspecified atom stereocenters. The van der Waals surface area contributed by atoms with E-state index in [1.54, 1.807) is 30.9 Å². The number of aromatic nitrogens is 14. The van der Waals surface area contributed by atoms with Gasteiger partial charge in [-0.2, -0.15) is 10.2 Å². The highest BCUT2D eigenvalue weighted by atomic mass is 16.5. The molecule has 27 heteroatoms. The molecule has 17 aromatic rings. The van der Waals surface area contributed by atoms with Crippen LogP contribution in [0.15, 0.2) is 253 Å². The van der Waals surface area contributed by atoms with Crippen molar-refractivity contribution in [3.05, 3.63) is 294 Å². The van der Waals surface area contributed by atoms with Gasteiger partial charge in [-0.25, -0.2) is 24.9 Å². The first-order chi connectivity index (χ1) is 60.6. The molecular formula is C97H101N23O4. The number of oxazole rings is 1. The lowest BCUT2D eigenvalue weighted by atomic mass is 9.89. The van der Waals surface area contributed by atoms with E-state index < -0.39 is 0 Å². The summed E-state index contributed by atoms with van der Waals surface area (Å²) in [5, 5.41) is 31.7. The van der Waals surface area contributed by atoms with Crippen molar-refractivity contribution in [2.24, 2.45) is 0 Å². The summed E-state index contributed by atoms with van der Waals surface area (Å²) in [5.41, 5.74) is 30.2. The molecular weight excluding hydrogens is 1550 g/mol. The van der Waals surface area contributed by atoms with Crippen molar-refractivity contribution in [1.82, 2.24) is 83.0 Å². The zero-order chi connectivity index (χ0) is 84.9. The summed E-state index contributed by atoms with van der Waals surface area (Å²) >= 11 is 0. The fourth-order valence-electron chi connectivity index (χ4n) is 17.3. The maximum absolute atomic E-state index is 11.8. The number of aryl methyl sites for hydroxylation is 4. The Bertz CT molecular complexity index is 6590. The molecule has 0 spiro atoms. The summed E-state index contributed by atoms with van der Waals surface area (Å²) in [6, 6.07) is 61.3. The van der Waals surface area contributed by atoms with Crippen LogP contribution in [0, 0.1) is 27.7 Å². The number of rotatable bonds is 18. The van der Waals surface area contributed by atoms with Crippen LogP contribution < -0.4 is 41.9 Å². The van der Waals surface area contributed by atoms with Crippen LogP contribution in [0.1, 0.15) is 90.7 Å². The van der Waals surface area contributed by atoms with Crippen molar-refractivity contribution in [3.8, 4) is 56.4 Å². The standard InChI is InChI=1S/C26H29N5O.C25H31N7.C24H17N5O2.C22H24N6O/c1-18(2)30-14-10-20(11-15-30)19-3-5-22(6-4-19)29-23-7-8-24(31-16-13-28-26(23)31)21-9-12-27-25(32)17-21;1-17(2)30-13-15-31(16-14-30)21-7-5-20(6-8-21)27-22-9-10-23(32-12-11-26-25(22)32)24-18(3)28-29-19(24)4;30-24-19-6-3-16(11-17(19)12-27-24)21-8-7-20(23-26-9-10-29(21)23)28-18-4-1-15(2-5-18)22-13-25-14-31-22;1-15-21(16(2)26-25-15)20-8-7-19(22-23-9-10-28(20)22)24-17-3-5-18(6-4-17)27-11-13-29-14-12-27/h3-9,12-13,16-18,20,29H,10-11,14-15H2,1-2H3,(H,27,32);5-12,17,27H,13-16H2,1-4H3,(H,28,29);1-11,13-14,28H,12H2,(H,27,30);3-10,24H,11-14H2,1-2H3,(H,25,26). The van der Waals surface area contributed by atoms with Crippen LogP contribution in [0.5, 0.6) is 0 Å². The van der Waals surface area contributed by atoms with Crippen molar-refractivity contribution in [2.45, 2.75) is 92.8 Å². The Morgan fingerprint density at radius 2 is 0.871 bits per heavy atom. The van der Waals surface area contributed by atoms with E-state index in [1.807, 2.05) is 123 Å². The predicted molar refractivity (Wildman–Crippen MR) is 493 cm³/mol. The van der Waals surface area contributed by atoms with E-state index in [0.29, 0.717) is 24.5 Å². The van der Waals surface area contributed by atoms with Gasteiger partial charge >= 0.3 is 0 Å². The average molecular weight is 1650 g/mol. The maximum Gasteiger partial charge on any atom is 0.251 e. The molecule has 0 aliphatic carbocycles. The number of hydrogen-bond acceptors (Lipinski definition) is 19. The monoisotopic (exact) mass is 1650 g/mol.